The van der Waals surface area contributed by atoms with Crippen molar-refractivity contribution in [1.29, 1.82) is 0 Å². The van der Waals surface area contributed by atoms with Gasteiger partial charge in [-0.15, -0.1) is 0 Å². The Hall–Kier alpha value is -2.37. The Labute approximate surface area is 149 Å². The first kappa shape index (κ1) is 17.5. The third-order valence-corrected chi connectivity index (χ3v) is 4.59. The minimum absolute atomic E-state index is 0.343. The quantitative estimate of drug-likeness (QED) is 0.623. The van der Waals surface area contributed by atoms with Gasteiger partial charge in [0, 0.05) is 25.6 Å². The van der Waals surface area contributed by atoms with Crippen molar-refractivity contribution in [1.82, 2.24) is 25.4 Å². The lowest BCUT2D eigenvalue weighted by Crippen LogP contribution is -2.47. The third-order valence-electron chi connectivity index (χ3n) is 4.59. The molecule has 6 heteroatoms. The molecule has 0 spiro atoms. The van der Waals surface area contributed by atoms with Crippen LogP contribution in [-0.4, -0.2) is 39.9 Å². The Balaban J connectivity index is 1.54. The third kappa shape index (κ3) is 4.81. The molecule has 1 aromatic heterocycles. The molecule has 6 nitrogen and oxygen atoms in total. The summed E-state index contributed by atoms with van der Waals surface area (Å²) in [5, 5.41) is 11.2. The van der Waals surface area contributed by atoms with Gasteiger partial charge in [-0.3, -0.25) is 4.99 Å². The van der Waals surface area contributed by atoms with Crippen molar-refractivity contribution in [2.75, 3.05) is 13.1 Å². The zero-order chi connectivity index (χ0) is 17.5. The Bertz CT molecular complexity index is 688. The van der Waals surface area contributed by atoms with E-state index in [1.807, 2.05) is 4.68 Å². The average molecular weight is 340 g/mol. The lowest BCUT2D eigenvalue weighted by atomic mass is 10.1. The van der Waals surface area contributed by atoms with Crippen LogP contribution in [0.5, 0.6) is 0 Å². The number of benzene rings is 1. The van der Waals surface area contributed by atoms with Crippen molar-refractivity contribution >= 4 is 5.96 Å². The Morgan fingerprint density at radius 1 is 1.24 bits per heavy atom. The summed E-state index contributed by atoms with van der Waals surface area (Å²) >= 11 is 0. The number of nitrogens with one attached hydrogen (secondary N) is 2. The highest BCUT2D eigenvalue weighted by molar-refractivity contribution is 5.80. The molecule has 2 heterocycles. The van der Waals surface area contributed by atoms with E-state index in [2.05, 4.69) is 58.8 Å². The van der Waals surface area contributed by atoms with Crippen LogP contribution < -0.4 is 10.6 Å². The second kappa shape index (κ2) is 8.65. The molecule has 25 heavy (non-hydrogen) atoms. The van der Waals surface area contributed by atoms with Gasteiger partial charge >= 0.3 is 0 Å². The molecular formula is C19H28N6. The van der Waals surface area contributed by atoms with Crippen LogP contribution >= 0.6 is 0 Å². The number of hydrogen-bond acceptors (Lipinski definition) is 3. The van der Waals surface area contributed by atoms with Gasteiger partial charge < -0.3 is 10.6 Å². The fraction of sp³-hybridized carbons (Fsp3) is 0.526. The van der Waals surface area contributed by atoms with Crippen LogP contribution in [0.4, 0.5) is 0 Å². The highest BCUT2D eigenvalue weighted by Crippen LogP contribution is 2.11. The molecule has 0 aliphatic carbocycles. The van der Waals surface area contributed by atoms with E-state index in [1.54, 1.807) is 6.33 Å². The van der Waals surface area contributed by atoms with Crippen molar-refractivity contribution in [2.24, 2.45) is 4.99 Å². The molecule has 0 bridgehead atoms. The maximum atomic E-state index is 4.74. The molecular weight excluding hydrogens is 312 g/mol. The maximum Gasteiger partial charge on any atom is 0.191 e. The molecule has 0 radical (unpaired) electrons. The summed E-state index contributed by atoms with van der Waals surface area (Å²) in [6.45, 7) is 6.76. The van der Waals surface area contributed by atoms with E-state index in [9.17, 15) is 0 Å². The first-order valence-corrected chi connectivity index (χ1v) is 9.27. The topological polar surface area (TPSA) is 67.1 Å². The fourth-order valence-corrected chi connectivity index (χ4v) is 3.11. The van der Waals surface area contributed by atoms with Gasteiger partial charge in [-0.1, -0.05) is 31.2 Å². The molecule has 0 fully saturated rings. The van der Waals surface area contributed by atoms with Crippen molar-refractivity contribution in [3.05, 3.63) is 47.5 Å². The van der Waals surface area contributed by atoms with Gasteiger partial charge in [0.2, 0.25) is 0 Å². The van der Waals surface area contributed by atoms with Crippen molar-refractivity contribution in [3.8, 4) is 0 Å². The first-order valence-electron chi connectivity index (χ1n) is 9.27. The summed E-state index contributed by atoms with van der Waals surface area (Å²) in [5.41, 5.74) is 2.72. The predicted molar refractivity (Wildman–Crippen MR) is 101 cm³/mol. The number of nitrogens with zero attached hydrogens (tertiary/aromatic N) is 4. The fourth-order valence-electron chi connectivity index (χ4n) is 3.11. The van der Waals surface area contributed by atoms with Crippen molar-refractivity contribution < 1.29 is 0 Å². The van der Waals surface area contributed by atoms with Gasteiger partial charge in [-0.25, -0.2) is 9.67 Å². The highest BCUT2D eigenvalue weighted by atomic mass is 15.4. The molecule has 1 aliphatic heterocycles. The number of aliphatic imine (C=N–C) groups is 1. The van der Waals surface area contributed by atoms with Gasteiger partial charge in [0.25, 0.3) is 0 Å². The largest absolute Gasteiger partial charge is 0.357 e. The minimum atomic E-state index is 0.343. The predicted octanol–water partition coefficient (Wildman–Crippen LogP) is 1.95. The molecule has 1 aromatic carbocycles. The average Bonchev–Trinajstić information content (AvgIpc) is 3.10. The Kier molecular flexibility index (Phi) is 6.04. The minimum Gasteiger partial charge on any atom is -0.357 e. The van der Waals surface area contributed by atoms with Crippen LogP contribution in [0.1, 0.15) is 37.2 Å². The van der Waals surface area contributed by atoms with E-state index in [0.29, 0.717) is 6.04 Å². The molecule has 1 aliphatic rings. The number of rotatable bonds is 6. The molecule has 0 saturated heterocycles. The summed E-state index contributed by atoms with van der Waals surface area (Å²) in [6.07, 6.45) is 5.70. The molecule has 0 saturated carbocycles. The van der Waals surface area contributed by atoms with E-state index in [0.717, 1.165) is 57.1 Å². The molecule has 134 valence electrons. The maximum absolute atomic E-state index is 4.74. The number of hydrogen-bond donors (Lipinski definition) is 2. The number of fused-ring (bicyclic) bond motifs is 1. The molecule has 1 atom stereocenters. The van der Waals surface area contributed by atoms with Gasteiger partial charge in [-0.05, 0) is 37.3 Å². The van der Waals surface area contributed by atoms with Crippen molar-refractivity contribution in [2.45, 2.75) is 52.1 Å². The lowest BCUT2D eigenvalue weighted by Gasteiger charge is -2.25. The van der Waals surface area contributed by atoms with Crippen molar-refractivity contribution in [3.63, 3.8) is 0 Å². The van der Waals surface area contributed by atoms with E-state index in [-0.39, 0.29) is 0 Å². The number of aromatic nitrogens is 3. The van der Waals surface area contributed by atoms with Crippen LogP contribution in [0.25, 0.3) is 0 Å². The van der Waals surface area contributed by atoms with Crippen LogP contribution in [0.2, 0.25) is 0 Å². The van der Waals surface area contributed by atoms with Crippen LogP contribution in [0.3, 0.4) is 0 Å². The van der Waals surface area contributed by atoms with Crippen LogP contribution in [0, 0.1) is 0 Å². The summed E-state index contributed by atoms with van der Waals surface area (Å²) in [6, 6.07) is 9.18. The van der Waals surface area contributed by atoms with Gasteiger partial charge in [-0.2, -0.15) is 5.10 Å². The van der Waals surface area contributed by atoms with Gasteiger partial charge in [0.1, 0.15) is 12.2 Å². The molecule has 0 amide bonds. The summed E-state index contributed by atoms with van der Waals surface area (Å²) in [7, 11) is 0. The summed E-state index contributed by atoms with van der Waals surface area (Å²) in [5.74, 6) is 1.97. The van der Waals surface area contributed by atoms with E-state index < -0.39 is 0 Å². The molecule has 2 aromatic rings. The first-order chi connectivity index (χ1) is 12.3. The van der Waals surface area contributed by atoms with Gasteiger partial charge in [0.05, 0.1) is 6.54 Å². The van der Waals surface area contributed by atoms with Crippen LogP contribution in [0.15, 0.2) is 35.6 Å². The zero-order valence-corrected chi connectivity index (χ0v) is 15.2. The van der Waals surface area contributed by atoms with E-state index >= 15 is 0 Å². The standard InChI is InChI=1S/C19H28N6/c1-3-15-5-7-16(8-6-15)11-12-21-19(20-4-2)24-17-9-10-18-22-14-23-25(18)13-17/h5-8,14,17H,3-4,9-13H2,1-2H3,(H2,20,21,24). The molecule has 2 N–H and O–H groups in total. The number of guanidine groups is 1. The molecule has 3 rings (SSSR count). The second-order valence-electron chi connectivity index (χ2n) is 6.42. The Morgan fingerprint density at radius 2 is 2.04 bits per heavy atom. The Morgan fingerprint density at radius 3 is 2.80 bits per heavy atom. The summed E-state index contributed by atoms with van der Waals surface area (Å²) in [4.78, 5) is 9.02. The normalized spacial score (nSPS) is 17.2. The van der Waals surface area contributed by atoms with Crippen LogP contribution in [-0.2, 0) is 25.8 Å². The SMILES string of the molecule is CCNC(=NCCc1ccc(CC)cc1)NC1CCc2ncnn2C1. The summed E-state index contributed by atoms with van der Waals surface area (Å²) < 4.78 is 1.99. The molecule has 1 unspecified atom stereocenters. The lowest BCUT2D eigenvalue weighted by molar-refractivity contribution is 0.393. The monoisotopic (exact) mass is 340 g/mol. The smallest absolute Gasteiger partial charge is 0.191 e. The second-order valence-corrected chi connectivity index (χ2v) is 6.42. The van der Waals surface area contributed by atoms with Gasteiger partial charge in [0.15, 0.2) is 5.96 Å². The van der Waals surface area contributed by atoms with E-state index in [4.69, 9.17) is 4.99 Å². The highest BCUT2D eigenvalue weighted by Gasteiger charge is 2.20. The zero-order valence-electron chi connectivity index (χ0n) is 15.2. The number of aryl methyl sites for hydroxylation is 2. The van der Waals surface area contributed by atoms with E-state index in [1.165, 1.54) is 11.1 Å².